The van der Waals surface area contributed by atoms with Gasteiger partial charge in [0.2, 0.25) is 0 Å². The van der Waals surface area contributed by atoms with Crippen LogP contribution in [0.5, 0.6) is 0 Å². The Balaban J connectivity index is 1.10. The fraction of sp³-hybridized carbons (Fsp3) is 0.556. The number of nitrogens with one attached hydrogen (secondary N) is 1. The third kappa shape index (κ3) is 7.87. The summed E-state index contributed by atoms with van der Waals surface area (Å²) >= 11 is 0. The summed E-state index contributed by atoms with van der Waals surface area (Å²) in [7, 11) is 0. The number of carbonyl (C=O) groups excluding carboxylic acids is 2. The number of hydrogen-bond acceptors (Lipinski definition) is 5. The van der Waals surface area contributed by atoms with E-state index in [4.69, 9.17) is 0 Å². The van der Waals surface area contributed by atoms with Crippen LogP contribution >= 0.6 is 0 Å². The minimum atomic E-state index is -0.0227. The number of carbonyl (C=O) groups is 2. The van der Waals surface area contributed by atoms with Gasteiger partial charge in [-0.2, -0.15) is 0 Å². The number of nitrogens with zero attached hydrogens (tertiary/aromatic N) is 4. The molecule has 0 aromatic heterocycles. The molecule has 4 aliphatic rings. The molecule has 2 aromatic carbocycles. The molecule has 3 fully saturated rings. The maximum absolute atomic E-state index is 13.8. The first-order valence-electron chi connectivity index (χ1n) is 16.8. The van der Waals surface area contributed by atoms with Crippen LogP contribution in [0.25, 0.3) is 0 Å². The van der Waals surface area contributed by atoms with Crippen LogP contribution in [0, 0.1) is 11.8 Å². The predicted molar refractivity (Wildman–Crippen MR) is 174 cm³/mol. The Kier molecular flexibility index (Phi) is 10.1. The monoisotopic (exact) mass is 583 g/mol. The van der Waals surface area contributed by atoms with Gasteiger partial charge in [-0.1, -0.05) is 24.3 Å². The maximum atomic E-state index is 13.8. The third-order valence-corrected chi connectivity index (χ3v) is 10.1. The van der Waals surface area contributed by atoms with Crippen molar-refractivity contribution in [3.8, 4) is 0 Å². The number of anilines is 2. The van der Waals surface area contributed by atoms with Gasteiger partial charge in [-0.3, -0.25) is 9.59 Å². The van der Waals surface area contributed by atoms with E-state index in [1.54, 1.807) is 0 Å². The quantitative estimate of drug-likeness (QED) is 0.359. The van der Waals surface area contributed by atoms with Crippen LogP contribution in [0.3, 0.4) is 0 Å². The lowest BCUT2D eigenvalue weighted by atomic mass is 9.93. The molecular formula is C36H49N5O2. The summed E-state index contributed by atoms with van der Waals surface area (Å²) in [4.78, 5) is 36.4. The highest BCUT2D eigenvalue weighted by Crippen LogP contribution is 2.29. The molecule has 6 rings (SSSR count). The zero-order valence-corrected chi connectivity index (χ0v) is 25.8. The smallest absolute Gasteiger partial charge is 0.259 e. The molecule has 230 valence electrons. The van der Waals surface area contributed by atoms with Gasteiger partial charge < -0.3 is 24.9 Å². The summed E-state index contributed by atoms with van der Waals surface area (Å²) in [6, 6.07) is 15.5. The van der Waals surface area contributed by atoms with Crippen LogP contribution in [0.2, 0.25) is 0 Å². The van der Waals surface area contributed by atoms with E-state index in [-0.39, 0.29) is 11.8 Å². The number of allylic oxidation sites excluding steroid dienone is 1. The first kappa shape index (κ1) is 29.9. The van der Waals surface area contributed by atoms with Crippen LogP contribution in [0.4, 0.5) is 11.4 Å². The van der Waals surface area contributed by atoms with Gasteiger partial charge in [0.15, 0.2) is 0 Å². The van der Waals surface area contributed by atoms with Gasteiger partial charge in [-0.05, 0) is 139 Å². The fourth-order valence-corrected chi connectivity index (χ4v) is 7.24. The molecule has 7 nitrogen and oxygen atoms in total. The van der Waals surface area contributed by atoms with E-state index in [0.717, 1.165) is 57.5 Å². The summed E-state index contributed by atoms with van der Waals surface area (Å²) in [5.74, 6) is 1.27. The highest BCUT2D eigenvalue weighted by Gasteiger charge is 2.27. The van der Waals surface area contributed by atoms with E-state index in [1.807, 2.05) is 64.5 Å². The number of hydrogen-bond donors (Lipinski definition) is 1. The zero-order valence-electron chi connectivity index (χ0n) is 25.8. The van der Waals surface area contributed by atoms with Crippen LogP contribution in [-0.2, 0) is 0 Å². The lowest BCUT2D eigenvalue weighted by molar-refractivity contribution is 0.0681. The molecule has 4 heterocycles. The van der Waals surface area contributed by atoms with Crippen molar-refractivity contribution in [2.75, 3.05) is 64.2 Å². The van der Waals surface area contributed by atoms with Gasteiger partial charge >= 0.3 is 0 Å². The summed E-state index contributed by atoms with van der Waals surface area (Å²) < 4.78 is 0. The molecule has 0 unspecified atom stereocenters. The molecule has 0 saturated carbocycles. The number of benzene rings is 2. The Morgan fingerprint density at radius 2 is 1.40 bits per heavy atom. The second-order valence-electron chi connectivity index (χ2n) is 13.1. The lowest BCUT2D eigenvalue weighted by Gasteiger charge is -2.33. The Morgan fingerprint density at radius 3 is 2.05 bits per heavy atom. The van der Waals surface area contributed by atoms with Gasteiger partial charge in [0.25, 0.3) is 11.8 Å². The van der Waals surface area contributed by atoms with Gasteiger partial charge in [-0.15, -0.1) is 0 Å². The molecule has 1 N–H and O–H groups in total. The van der Waals surface area contributed by atoms with Gasteiger partial charge in [0.1, 0.15) is 0 Å². The summed E-state index contributed by atoms with van der Waals surface area (Å²) in [5, 5.41) is 3.45. The lowest BCUT2D eigenvalue weighted by Crippen LogP contribution is -2.39. The molecule has 7 heteroatoms. The molecule has 0 aliphatic carbocycles. The van der Waals surface area contributed by atoms with Crippen molar-refractivity contribution in [3.63, 3.8) is 0 Å². The Hall–Kier alpha value is -3.16. The molecule has 0 bridgehead atoms. The average Bonchev–Trinajstić information content (AvgIpc) is 3.78. The Labute approximate surface area is 257 Å². The molecule has 43 heavy (non-hydrogen) atoms. The van der Waals surface area contributed by atoms with Crippen LogP contribution in [0.15, 0.2) is 60.8 Å². The summed E-state index contributed by atoms with van der Waals surface area (Å²) in [5.41, 5.74) is 2.83. The number of amides is 2. The van der Waals surface area contributed by atoms with Crippen molar-refractivity contribution in [2.24, 2.45) is 11.8 Å². The van der Waals surface area contributed by atoms with E-state index in [1.165, 1.54) is 64.8 Å². The van der Waals surface area contributed by atoms with Crippen molar-refractivity contribution >= 4 is 23.2 Å². The first-order chi connectivity index (χ1) is 21.1. The Bertz CT molecular complexity index is 1240. The van der Waals surface area contributed by atoms with Crippen LogP contribution in [-0.4, -0.2) is 90.3 Å². The van der Waals surface area contributed by atoms with Crippen LogP contribution in [0.1, 0.15) is 78.5 Å². The highest BCUT2D eigenvalue weighted by atomic mass is 16.2. The Morgan fingerprint density at radius 1 is 0.721 bits per heavy atom. The molecule has 2 aromatic rings. The second-order valence-corrected chi connectivity index (χ2v) is 13.1. The van der Waals surface area contributed by atoms with Gasteiger partial charge in [0.05, 0.1) is 11.3 Å². The number of rotatable bonds is 10. The number of piperidine rings is 1. The van der Waals surface area contributed by atoms with E-state index in [0.29, 0.717) is 28.7 Å². The van der Waals surface area contributed by atoms with E-state index in [2.05, 4.69) is 21.2 Å². The number of likely N-dealkylation sites (tertiary alicyclic amines) is 3. The molecule has 2 amide bonds. The predicted octanol–water partition coefficient (Wildman–Crippen LogP) is 6.23. The van der Waals surface area contributed by atoms with E-state index >= 15 is 0 Å². The van der Waals surface area contributed by atoms with E-state index in [9.17, 15) is 9.59 Å². The largest absolute Gasteiger partial charge is 0.355 e. The molecular weight excluding hydrogens is 534 g/mol. The van der Waals surface area contributed by atoms with E-state index < -0.39 is 0 Å². The van der Waals surface area contributed by atoms with Crippen molar-refractivity contribution in [1.82, 2.24) is 19.6 Å². The number of para-hydroxylation sites is 1. The normalized spacial score (nSPS) is 21.9. The molecule has 4 aliphatic heterocycles. The average molecular weight is 584 g/mol. The van der Waals surface area contributed by atoms with Gasteiger partial charge in [-0.25, -0.2) is 0 Å². The second kappa shape index (κ2) is 14.5. The van der Waals surface area contributed by atoms with Crippen molar-refractivity contribution < 1.29 is 9.59 Å². The summed E-state index contributed by atoms with van der Waals surface area (Å²) in [6.07, 6.45) is 15.1. The fourth-order valence-electron chi connectivity index (χ4n) is 7.24. The first-order valence-corrected chi connectivity index (χ1v) is 16.8. The molecule has 1 atom stereocenters. The van der Waals surface area contributed by atoms with Crippen LogP contribution < -0.4 is 5.32 Å². The molecule has 0 radical (unpaired) electrons. The molecule has 0 spiro atoms. The third-order valence-electron chi connectivity index (χ3n) is 10.1. The summed E-state index contributed by atoms with van der Waals surface area (Å²) in [6.45, 7) is 9.66. The minimum absolute atomic E-state index is 0.0227. The topological polar surface area (TPSA) is 59.1 Å². The standard InChI is InChI=1S/C36H49N5O2/c42-35(40-24-14-29(15-25-40)12-22-38-18-4-5-19-38)31-10-11-33(34(28-31)37-32-8-2-1-3-9-32)36(43)41-26-16-30(17-27-41)13-23-39-20-6-7-21-39/h1-3,8-11,16,26,28-30,37H,4-7,12-15,17-25,27H2/t30-/m0/s1. The zero-order chi connectivity index (χ0) is 29.4. The molecule has 3 saturated heterocycles. The van der Waals surface area contributed by atoms with Gasteiger partial charge in [0, 0.05) is 37.1 Å². The van der Waals surface area contributed by atoms with Crippen molar-refractivity contribution in [1.29, 1.82) is 0 Å². The SMILES string of the molecule is O=C(c1ccc(C(=O)N2CCC(CCN3CCCC3)CC2)cc1Nc1ccccc1)N1C=C[C@H](CCN2CCCC2)CC1. The maximum Gasteiger partial charge on any atom is 0.259 e. The highest BCUT2D eigenvalue weighted by molar-refractivity contribution is 6.03. The van der Waals surface area contributed by atoms with Crippen molar-refractivity contribution in [2.45, 2.75) is 57.8 Å². The van der Waals surface area contributed by atoms with Crippen molar-refractivity contribution in [3.05, 3.63) is 71.9 Å². The minimum Gasteiger partial charge on any atom is -0.355 e.